The summed E-state index contributed by atoms with van der Waals surface area (Å²) in [5.74, 6) is -0.0289. The molecular weight excluding hydrogens is 327 g/mol. The fourth-order valence-electron chi connectivity index (χ4n) is 2.28. The number of halogens is 2. The van der Waals surface area contributed by atoms with Gasteiger partial charge >= 0.3 is 6.09 Å². The van der Waals surface area contributed by atoms with E-state index in [1.54, 1.807) is 24.1 Å². The molecule has 0 saturated carbocycles. The van der Waals surface area contributed by atoms with Gasteiger partial charge in [-0.1, -0.05) is 23.2 Å². The van der Waals surface area contributed by atoms with Crippen molar-refractivity contribution in [3.05, 3.63) is 27.7 Å². The van der Waals surface area contributed by atoms with Gasteiger partial charge in [-0.15, -0.1) is 0 Å². The minimum atomic E-state index is -0.274. The molecule has 0 radical (unpaired) electrons. The molecule has 5 nitrogen and oxygen atoms in total. The molecule has 1 aliphatic heterocycles. The lowest BCUT2D eigenvalue weighted by Crippen LogP contribution is -2.40. The van der Waals surface area contributed by atoms with E-state index in [-0.39, 0.29) is 22.9 Å². The second-order valence-corrected chi connectivity index (χ2v) is 5.86. The van der Waals surface area contributed by atoms with Crippen LogP contribution in [0.1, 0.15) is 25.3 Å². The third-order valence-electron chi connectivity index (χ3n) is 3.47. The summed E-state index contributed by atoms with van der Waals surface area (Å²) in [6.07, 6.45) is 2.82. The van der Waals surface area contributed by atoms with Gasteiger partial charge in [0.25, 0.3) is 0 Å². The minimum absolute atomic E-state index is 0.0289. The van der Waals surface area contributed by atoms with Crippen LogP contribution in [0.3, 0.4) is 0 Å². The Morgan fingerprint density at radius 1 is 1.45 bits per heavy atom. The van der Waals surface area contributed by atoms with E-state index in [0.717, 1.165) is 12.8 Å². The van der Waals surface area contributed by atoms with Crippen molar-refractivity contribution in [3.63, 3.8) is 0 Å². The van der Waals surface area contributed by atoms with E-state index in [0.29, 0.717) is 30.3 Å². The molecule has 0 aliphatic carbocycles. The molecular formula is C15H18Cl2N2O3. The number of aromatic hydroxyl groups is 1. The van der Waals surface area contributed by atoms with Crippen LogP contribution in [-0.4, -0.2) is 48.1 Å². The maximum absolute atomic E-state index is 11.6. The van der Waals surface area contributed by atoms with Gasteiger partial charge in [0.15, 0.2) is 0 Å². The first-order valence-corrected chi connectivity index (χ1v) is 7.89. The zero-order chi connectivity index (χ0) is 16.1. The molecule has 1 amide bonds. The molecule has 0 unspecified atom stereocenters. The summed E-state index contributed by atoms with van der Waals surface area (Å²) in [4.78, 5) is 17.7. The monoisotopic (exact) mass is 344 g/mol. The number of nitrogens with zero attached hydrogens (tertiary/aromatic N) is 2. The number of hydrogen-bond donors (Lipinski definition) is 1. The molecule has 7 heteroatoms. The first kappa shape index (κ1) is 16.9. The largest absolute Gasteiger partial charge is 0.506 e. The third-order valence-corrected chi connectivity index (χ3v) is 3.98. The van der Waals surface area contributed by atoms with E-state index in [1.165, 1.54) is 6.07 Å². The summed E-state index contributed by atoms with van der Waals surface area (Å²) in [5, 5.41) is 10.5. The first-order valence-electron chi connectivity index (χ1n) is 7.14. The number of benzene rings is 1. The SMILES string of the molecule is CCOC(=O)N1CCC(N=Cc2cc(Cl)cc(Cl)c2O)CC1. The summed E-state index contributed by atoms with van der Waals surface area (Å²) in [6.45, 7) is 3.40. The molecule has 1 aromatic carbocycles. The molecule has 1 heterocycles. The van der Waals surface area contributed by atoms with Crippen molar-refractivity contribution in [2.45, 2.75) is 25.8 Å². The number of piperidine rings is 1. The van der Waals surface area contributed by atoms with E-state index >= 15 is 0 Å². The fraction of sp³-hybridized carbons (Fsp3) is 0.467. The average Bonchev–Trinajstić information content (AvgIpc) is 2.50. The van der Waals surface area contributed by atoms with Gasteiger partial charge in [-0.05, 0) is 31.9 Å². The molecule has 0 bridgehead atoms. The Labute approximate surface area is 139 Å². The number of hydrogen-bond acceptors (Lipinski definition) is 4. The Hall–Kier alpha value is -1.46. The molecule has 1 N–H and O–H groups in total. The zero-order valence-corrected chi connectivity index (χ0v) is 13.8. The predicted octanol–water partition coefficient (Wildman–Crippen LogP) is 3.74. The third kappa shape index (κ3) is 4.27. The van der Waals surface area contributed by atoms with Crippen LogP contribution in [0, 0.1) is 0 Å². The van der Waals surface area contributed by atoms with Crippen molar-refractivity contribution in [2.24, 2.45) is 4.99 Å². The highest BCUT2D eigenvalue weighted by Crippen LogP contribution is 2.30. The van der Waals surface area contributed by atoms with Gasteiger partial charge < -0.3 is 14.7 Å². The van der Waals surface area contributed by atoms with Crippen molar-refractivity contribution in [3.8, 4) is 5.75 Å². The number of phenolic OH excluding ortho intramolecular Hbond substituents is 1. The van der Waals surface area contributed by atoms with Crippen LogP contribution in [0.25, 0.3) is 0 Å². The second kappa shape index (κ2) is 7.70. The molecule has 0 spiro atoms. The topological polar surface area (TPSA) is 62.1 Å². The molecule has 1 aliphatic rings. The highest BCUT2D eigenvalue weighted by Gasteiger charge is 2.22. The number of carbonyl (C=O) groups is 1. The van der Waals surface area contributed by atoms with Gasteiger partial charge in [0.2, 0.25) is 0 Å². The van der Waals surface area contributed by atoms with Gasteiger partial charge in [0, 0.05) is 29.9 Å². The number of carbonyl (C=O) groups excluding carboxylic acids is 1. The maximum Gasteiger partial charge on any atom is 0.409 e. The van der Waals surface area contributed by atoms with E-state index < -0.39 is 0 Å². The number of ether oxygens (including phenoxy) is 1. The highest BCUT2D eigenvalue weighted by atomic mass is 35.5. The molecule has 22 heavy (non-hydrogen) atoms. The zero-order valence-electron chi connectivity index (χ0n) is 12.3. The Morgan fingerprint density at radius 3 is 2.77 bits per heavy atom. The number of rotatable bonds is 3. The van der Waals surface area contributed by atoms with Gasteiger partial charge in [-0.3, -0.25) is 4.99 Å². The van der Waals surface area contributed by atoms with Crippen molar-refractivity contribution in [2.75, 3.05) is 19.7 Å². The lowest BCUT2D eigenvalue weighted by Gasteiger charge is -2.29. The average molecular weight is 345 g/mol. The second-order valence-electron chi connectivity index (χ2n) is 5.02. The van der Waals surface area contributed by atoms with Crippen molar-refractivity contribution in [1.29, 1.82) is 0 Å². The smallest absolute Gasteiger partial charge is 0.409 e. The fourth-order valence-corrected chi connectivity index (χ4v) is 2.79. The maximum atomic E-state index is 11.6. The number of amides is 1. The van der Waals surface area contributed by atoms with Crippen LogP contribution < -0.4 is 0 Å². The van der Waals surface area contributed by atoms with E-state index in [2.05, 4.69) is 4.99 Å². The van der Waals surface area contributed by atoms with Gasteiger partial charge in [0.1, 0.15) is 5.75 Å². The van der Waals surface area contributed by atoms with E-state index in [9.17, 15) is 9.90 Å². The molecule has 0 atom stereocenters. The van der Waals surface area contributed by atoms with E-state index in [1.807, 2.05) is 0 Å². The molecule has 1 fully saturated rings. The summed E-state index contributed by atoms with van der Waals surface area (Å²) in [6, 6.07) is 3.19. The predicted molar refractivity (Wildman–Crippen MR) is 87.3 cm³/mol. The van der Waals surface area contributed by atoms with Gasteiger partial charge in [-0.25, -0.2) is 4.79 Å². The molecule has 1 saturated heterocycles. The van der Waals surface area contributed by atoms with Crippen LogP contribution >= 0.6 is 23.2 Å². The van der Waals surface area contributed by atoms with Crippen molar-refractivity contribution in [1.82, 2.24) is 4.90 Å². The van der Waals surface area contributed by atoms with Gasteiger partial charge in [0.05, 0.1) is 17.7 Å². The van der Waals surface area contributed by atoms with Crippen molar-refractivity contribution < 1.29 is 14.6 Å². The van der Waals surface area contributed by atoms with Crippen LogP contribution in [0.5, 0.6) is 5.75 Å². The Balaban J connectivity index is 1.95. The Kier molecular flexibility index (Phi) is 5.91. The number of phenols is 1. The lowest BCUT2D eigenvalue weighted by atomic mass is 10.1. The van der Waals surface area contributed by atoms with E-state index in [4.69, 9.17) is 27.9 Å². The first-order chi connectivity index (χ1) is 10.5. The summed E-state index contributed by atoms with van der Waals surface area (Å²) >= 11 is 11.8. The summed E-state index contributed by atoms with van der Waals surface area (Å²) in [5.41, 5.74) is 0.491. The summed E-state index contributed by atoms with van der Waals surface area (Å²) in [7, 11) is 0. The Bertz CT molecular complexity index is 570. The quantitative estimate of drug-likeness (QED) is 0.849. The number of aliphatic imine (C=N–C) groups is 1. The highest BCUT2D eigenvalue weighted by molar-refractivity contribution is 6.36. The lowest BCUT2D eigenvalue weighted by molar-refractivity contribution is 0.0975. The van der Waals surface area contributed by atoms with Gasteiger partial charge in [-0.2, -0.15) is 0 Å². The standard InChI is InChI=1S/C15H18Cl2N2O3/c1-2-22-15(21)19-5-3-12(4-6-19)18-9-10-7-11(16)8-13(17)14(10)20/h7-9,12,20H,2-6H2,1H3. The Morgan fingerprint density at radius 2 is 2.14 bits per heavy atom. The molecule has 120 valence electrons. The normalized spacial score (nSPS) is 16.2. The minimum Gasteiger partial charge on any atom is -0.506 e. The molecule has 2 rings (SSSR count). The number of likely N-dealkylation sites (tertiary alicyclic amines) is 1. The van der Waals surface area contributed by atoms with Crippen molar-refractivity contribution >= 4 is 35.5 Å². The summed E-state index contributed by atoms with van der Waals surface area (Å²) < 4.78 is 4.97. The van der Waals surface area contributed by atoms with Crippen LogP contribution in [0.15, 0.2) is 17.1 Å². The van der Waals surface area contributed by atoms with Crippen LogP contribution in [0.2, 0.25) is 10.0 Å². The van der Waals surface area contributed by atoms with Crippen LogP contribution in [-0.2, 0) is 4.74 Å². The van der Waals surface area contributed by atoms with Crippen LogP contribution in [0.4, 0.5) is 4.79 Å². The molecule has 0 aromatic heterocycles. The molecule has 1 aromatic rings.